The van der Waals surface area contributed by atoms with Crippen LogP contribution < -0.4 is 4.72 Å². The molecule has 20 heavy (non-hydrogen) atoms. The monoisotopic (exact) mass is 299 g/mol. The van der Waals surface area contributed by atoms with Crippen molar-refractivity contribution in [2.45, 2.75) is 45.4 Å². The van der Waals surface area contributed by atoms with Crippen LogP contribution in [0, 0.1) is 19.3 Å². The molecule has 0 aliphatic heterocycles. The first kappa shape index (κ1) is 17.1. The summed E-state index contributed by atoms with van der Waals surface area (Å²) in [5, 5.41) is 9.49. The summed E-state index contributed by atoms with van der Waals surface area (Å²) < 4.78 is 27.2. The molecule has 1 aromatic carbocycles. The summed E-state index contributed by atoms with van der Waals surface area (Å²) in [6.45, 7) is 8.00. The van der Waals surface area contributed by atoms with E-state index in [9.17, 15) is 13.5 Å². The molecule has 114 valence electrons. The molecule has 0 fully saturated rings. The molecule has 0 spiro atoms. The average Bonchev–Trinajstić information content (AvgIpc) is 2.44. The van der Waals surface area contributed by atoms with Gasteiger partial charge < -0.3 is 5.11 Å². The Hall–Kier alpha value is -0.910. The van der Waals surface area contributed by atoms with Crippen molar-refractivity contribution >= 4 is 10.0 Å². The first-order valence-electron chi connectivity index (χ1n) is 6.98. The molecule has 1 aromatic rings. The fraction of sp³-hybridized carbons (Fsp3) is 0.600. The van der Waals surface area contributed by atoms with Gasteiger partial charge in [0.15, 0.2) is 0 Å². The van der Waals surface area contributed by atoms with Crippen LogP contribution in [0.3, 0.4) is 0 Å². The summed E-state index contributed by atoms with van der Waals surface area (Å²) in [4.78, 5) is 0.277. The van der Waals surface area contributed by atoms with Crippen LogP contribution in [0.5, 0.6) is 0 Å². The maximum atomic E-state index is 12.3. The lowest BCUT2D eigenvalue weighted by molar-refractivity contribution is 0.119. The Kier molecular flexibility index (Phi) is 5.74. The highest BCUT2D eigenvalue weighted by Crippen LogP contribution is 2.25. The Balaban J connectivity index is 2.92. The van der Waals surface area contributed by atoms with Crippen molar-refractivity contribution in [2.75, 3.05) is 13.2 Å². The standard InChI is InChI=1S/C15H25NO3S/c1-5-15(6-2,11-17)10-16-20(18,19)14-8-7-12(3)13(4)9-14/h7-9,16-17H,5-6,10-11H2,1-4H3. The maximum Gasteiger partial charge on any atom is 0.240 e. The van der Waals surface area contributed by atoms with E-state index in [-0.39, 0.29) is 23.5 Å². The predicted octanol–water partition coefficient (Wildman–Crippen LogP) is 2.38. The average molecular weight is 299 g/mol. The van der Waals surface area contributed by atoms with Crippen molar-refractivity contribution in [2.24, 2.45) is 5.41 Å². The molecule has 0 saturated heterocycles. The van der Waals surface area contributed by atoms with Crippen LogP contribution in [0.1, 0.15) is 37.8 Å². The molecule has 0 amide bonds. The van der Waals surface area contributed by atoms with Crippen LogP contribution in [0.25, 0.3) is 0 Å². The normalized spacial score (nSPS) is 12.7. The number of benzene rings is 1. The van der Waals surface area contributed by atoms with Crippen LogP contribution in [0.2, 0.25) is 0 Å². The van der Waals surface area contributed by atoms with Gasteiger partial charge in [0.05, 0.1) is 4.90 Å². The van der Waals surface area contributed by atoms with Gasteiger partial charge in [-0.1, -0.05) is 19.9 Å². The lowest BCUT2D eigenvalue weighted by Crippen LogP contribution is -2.39. The molecule has 0 saturated carbocycles. The fourth-order valence-electron chi connectivity index (χ4n) is 1.99. The highest BCUT2D eigenvalue weighted by atomic mass is 32.2. The summed E-state index contributed by atoms with van der Waals surface area (Å²) in [5.74, 6) is 0. The smallest absolute Gasteiger partial charge is 0.240 e. The number of rotatable bonds is 7. The molecule has 4 nitrogen and oxygen atoms in total. The zero-order chi connectivity index (χ0) is 15.4. The third-order valence-electron chi connectivity index (χ3n) is 4.26. The number of sulfonamides is 1. The van der Waals surface area contributed by atoms with Gasteiger partial charge in [0, 0.05) is 18.6 Å². The molecule has 0 radical (unpaired) electrons. The molecule has 0 bridgehead atoms. The van der Waals surface area contributed by atoms with E-state index in [1.165, 1.54) is 0 Å². The van der Waals surface area contributed by atoms with E-state index in [2.05, 4.69) is 4.72 Å². The van der Waals surface area contributed by atoms with E-state index in [4.69, 9.17) is 0 Å². The van der Waals surface area contributed by atoms with Gasteiger partial charge >= 0.3 is 0 Å². The molecular weight excluding hydrogens is 274 g/mol. The Bertz CT molecular complexity index is 540. The van der Waals surface area contributed by atoms with Crippen LogP contribution >= 0.6 is 0 Å². The second kappa shape index (κ2) is 6.70. The number of nitrogens with one attached hydrogen (secondary N) is 1. The van der Waals surface area contributed by atoms with Gasteiger partial charge in [0.25, 0.3) is 0 Å². The molecule has 0 unspecified atom stereocenters. The Morgan fingerprint density at radius 1 is 1.15 bits per heavy atom. The second-order valence-corrected chi connectivity index (χ2v) is 7.20. The first-order chi connectivity index (χ1) is 9.30. The lowest BCUT2D eigenvalue weighted by Gasteiger charge is -2.29. The minimum Gasteiger partial charge on any atom is -0.396 e. The third-order valence-corrected chi connectivity index (χ3v) is 5.66. The fourth-order valence-corrected chi connectivity index (χ4v) is 3.23. The summed E-state index contributed by atoms with van der Waals surface area (Å²) in [6, 6.07) is 5.10. The molecule has 0 aliphatic carbocycles. The van der Waals surface area contributed by atoms with Gasteiger partial charge in [-0.25, -0.2) is 13.1 Å². The number of aryl methyl sites for hydroxylation is 2. The van der Waals surface area contributed by atoms with Crippen molar-refractivity contribution in [3.63, 3.8) is 0 Å². The summed E-state index contributed by atoms with van der Waals surface area (Å²) >= 11 is 0. The second-order valence-electron chi connectivity index (χ2n) is 5.44. The van der Waals surface area contributed by atoms with E-state index >= 15 is 0 Å². The van der Waals surface area contributed by atoms with Crippen molar-refractivity contribution in [1.82, 2.24) is 4.72 Å². The van der Waals surface area contributed by atoms with E-state index in [1.807, 2.05) is 33.8 Å². The molecule has 5 heteroatoms. The highest BCUT2D eigenvalue weighted by Gasteiger charge is 2.27. The molecule has 0 heterocycles. The van der Waals surface area contributed by atoms with Crippen LogP contribution in [0.4, 0.5) is 0 Å². The van der Waals surface area contributed by atoms with Crippen molar-refractivity contribution in [3.05, 3.63) is 29.3 Å². The number of aliphatic hydroxyl groups is 1. The van der Waals surface area contributed by atoms with Crippen molar-refractivity contribution in [3.8, 4) is 0 Å². The van der Waals surface area contributed by atoms with Crippen LogP contribution in [-0.2, 0) is 10.0 Å². The van der Waals surface area contributed by atoms with Crippen molar-refractivity contribution in [1.29, 1.82) is 0 Å². The lowest BCUT2D eigenvalue weighted by atomic mass is 9.84. The molecule has 0 aliphatic rings. The SMILES string of the molecule is CCC(CC)(CO)CNS(=O)(=O)c1ccc(C)c(C)c1. The molecular formula is C15H25NO3S. The minimum atomic E-state index is -3.52. The van der Waals surface area contributed by atoms with E-state index in [0.29, 0.717) is 0 Å². The summed E-state index contributed by atoms with van der Waals surface area (Å²) in [5.41, 5.74) is 1.63. The largest absolute Gasteiger partial charge is 0.396 e. The van der Waals surface area contributed by atoms with E-state index in [0.717, 1.165) is 24.0 Å². The van der Waals surface area contributed by atoms with Gasteiger partial charge in [-0.3, -0.25) is 0 Å². The zero-order valence-electron chi connectivity index (χ0n) is 12.7. The maximum absolute atomic E-state index is 12.3. The Morgan fingerprint density at radius 2 is 1.75 bits per heavy atom. The van der Waals surface area contributed by atoms with Gasteiger partial charge in [0.1, 0.15) is 0 Å². The highest BCUT2D eigenvalue weighted by molar-refractivity contribution is 7.89. The molecule has 2 N–H and O–H groups in total. The Labute approximate surface area is 122 Å². The molecule has 0 aromatic heterocycles. The number of hydrogen-bond acceptors (Lipinski definition) is 3. The third kappa shape index (κ3) is 3.81. The number of hydrogen-bond donors (Lipinski definition) is 2. The van der Waals surface area contributed by atoms with E-state index in [1.54, 1.807) is 12.1 Å². The predicted molar refractivity (Wildman–Crippen MR) is 81.2 cm³/mol. The van der Waals surface area contributed by atoms with E-state index < -0.39 is 10.0 Å². The van der Waals surface area contributed by atoms with Gasteiger partial charge in [-0.05, 0) is 49.9 Å². The summed E-state index contributed by atoms with van der Waals surface area (Å²) in [7, 11) is -3.52. The number of aliphatic hydroxyl groups excluding tert-OH is 1. The van der Waals surface area contributed by atoms with Gasteiger partial charge in [-0.2, -0.15) is 0 Å². The minimum absolute atomic E-state index is 0.0184. The quantitative estimate of drug-likeness (QED) is 0.812. The van der Waals surface area contributed by atoms with Crippen LogP contribution in [0.15, 0.2) is 23.1 Å². The zero-order valence-corrected chi connectivity index (χ0v) is 13.5. The molecule has 0 atom stereocenters. The Morgan fingerprint density at radius 3 is 2.20 bits per heavy atom. The van der Waals surface area contributed by atoms with Crippen LogP contribution in [-0.4, -0.2) is 26.7 Å². The topological polar surface area (TPSA) is 66.4 Å². The summed E-state index contributed by atoms with van der Waals surface area (Å²) in [6.07, 6.45) is 1.46. The first-order valence-corrected chi connectivity index (χ1v) is 8.46. The molecule has 1 rings (SSSR count). The van der Waals surface area contributed by atoms with Gasteiger partial charge in [0.2, 0.25) is 10.0 Å². The van der Waals surface area contributed by atoms with Crippen molar-refractivity contribution < 1.29 is 13.5 Å². The van der Waals surface area contributed by atoms with Gasteiger partial charge in [-0.15, -0.1) is 0 Å².